The number of hydrazine groups is 1. The fourth-order valence-electron chi connectivity index (χ4n) is 3.32. The van der Waals surface area contributed by atoms with Crippen molar-refractivity contribution in [3.63, 3.8) is 0 Å². The maximum Gasteiger partial charge on any atom is 0.426 e. The predicted octanol–water partition coefficient (Wildman–Crippen LogP) is 4.75. The van der Waals surface area contributed by atoms with Crippen LogP contribution in [-0.2, 0) is 11.3 Å². The first-order valence-corrected chi connectivity index (χ1v) is 9.55. The van der Waals surface area contributed by atoms with Gasteiger partial charge in [0.25, 0.3) is 5.91 Å². The number of H-pyrrole nitrogens is 1. The van der Waals surface area contributed by atoms with E-state index in [-0.39, 0.29) is 12.5 Å². The van der Waals surface area contributed by atoms with Gasteiger partial charge in [-0.3, -0.25) is 4.79 Å². The van der Waals surface area contributed by atoms with Crippen LogP contribution in [0.5, 0.6) is 0 Å². The molecule has 0 aliphatic carbocycles. The Bertz CT molecular complexity index is 1170. The van der Waals surface area contributed by atoms with Crippen molar-refractivity contribution in [1.82, 2.24) is 15.4 Å². The molecule has 2 N–H and O–H groups in total. The summed E-state index contributed by atoms with van der Waals surface area (Å²) in [5.41, 5.74) is 6.29. The average Bonchev–Trinajstić information content (AvgIpc) is 3.18. The number of nitrogens with one attached hydrogen (secondary N) is 2. The molecule has 1 heterocycles. The third-order valence-electron chi connectivity index (χ3n) is 4.76. The number of aromatic amines is 1. The Morgan fingerprint density at radius 1 is 0.900 bits per heavy atom. The summed E-state index contributed by atoms with van der Waals surface area (Å²) >= 11 is 0. The number of rotatable bonds is 4. The summed E-state index contributed by atoms with van der Waals surface area (Å²) in [5, 5.41) is 2.07. The number of aromatic nitrogens is 1. The largest absolute Gasteiger partial charge is 0.443 e. The second kappa shape index (κ2) is 8.53. The molecular weight excluding hydrogens is 378 g/mol. The maximum absolute atomic E-state index is 13.1. The van der Waals surface area contributed by atoms with E-state index in [1.807, 2.05) is 84.9 Å². The lowest BCUT2D eigenvalue weighted by atomic mass is 10.0. The quantitative estimate of drug-likeness (QED) is 0.487. The monoisotopic (exact) mass is 399 g/mol. The van der Waals surface area contributed by atoms with Gasteiger partial charge in [-0.05, 0) is 17.2 Å². The molecule has 0 atom stereocenters. The van der Waals surface area contributed by atoms with Crippen LogP contribution < -0.4 is 5.43 Å². The number of carbonyl (C=O) groups is 2. The second-order valence-corrected chi connectivity index (χ2v) is 6.82. The minimum atomic E-state index is -0.702. The van der Waals surface area contributed by atoms with Crippen molar-refractivity contribution in [2.24, 2.45) is 0 Å². The lowest BCUT2D eigenvalue weighted by molar-refractivity contribution is 0.0654. The summed E-state index contributed by atoms with van der Waals surface area (Å²) in [7, 11) is 1.49. The molecule has 6 heteroatoms. The van der Waals surface area contributed by atoms with Crippen LogP contribution in [0.3, 0.4) is 0 Å². The fraction of sp³-hybridized carbons (Fsp3) is 0.0833. The molecule has 0 fully saturated rings. The summed E-state index contributed by atoms with van der Waals surface area (Å²) < 4.78 is 5.20. The van der Waals surface area contributed by atoms with Gasteiger partial charge in [-0.25, -0.2) is 15.2 Å². The summed E-state index contributed by atoms with van der Waals surface area (Å²) in [6.07, 6.45) is -0.702. The Morgan fingerprint density at radius 3 is 2.27 bits per heavy atom. The molecule has 4 rings (SSSR count). The highest BCUT2D eigenvalue weighted by molar-refractivity contribution is 6.09. The van der Waals surface area contributed by atoms with Crippen LogP contribution in [0.4, 0.5) is 4.79 Å². The number of carbonyl (C=O) groups excluding carboxylic acids is 2. The molecule has 6 nitrogen and oxygen atoms in total. The lowest BCUT2D eigenvalue weighted by Crippen LogP contribution is -2.43. The third-order valence-corrected chi connectivity index (χ3v) is 4.76. The summed E-state index contributed by atoms with van der Waals surface area (Å²) in [4.78, 5) is 28.5. The molecule has 0 bridgehead atoms. The lowest BCUT2D eigenvalue weighted by Gasteiger charge is -2.18. The summed E-state index contributed by atoms with van der Waals surface area (Å²) in [6.45, 7) is 0.121. The first-order chi connectivity index (χ1) is 14.6. The van der Waals surface area contributed by atoms with Gasteiger partial charge in [0.1, 0.15) is 12.3 Å². The van der Waals surface area contributed by atoms with Crippen LogP contribution in [0, 0.1) is 0 Å². The van der Waals surface area contributed by atoms with E-state index in [4.69, 9.17) is 4.74 Å². The standard InChI is InChI=1S/C24H21N3O3/c1-27(26-24(29)30-16-17-10-4-2-5-11-17)23(28)22-21(18-12-6-3-7-13-18)19-14-8-9-15-20(19)25-22/h2-15,25H,16H2,1H3,(H,26,29). The van der Waals surface area contributed by atoms with Crippen LogP contribution in [-0.4, -0.2) is 29.0 Å². The van der Waals surface area contributed by atoms with Gasteiger partial charge in [0, 0.05) is 23.5 Å². The molecule has 0 saturated carbocycles. The first-order valence-electron chi connectivity index (χ1n) is 9.55. The molecule has 150 valence electrons. The zero-order valence-electron chi connectivity index (χ0n) is 16.5. The zero-order chi connectivity index (χ0) is 20.9. The van der Waals surface area contributed by atoms with Crippen molar-refractivity contribution in [3.8, 4) is 11.1 Å². The molecule has 2 amide bonds. The molecule has 0 aliphatic heterocycles. The van der Waals surface area contributed by atoms with E-state index >= 15 is 0 Å². The van der Waals surface area contributed by atoms with Gasteiger partial charge < -0.3 is 9.72 Å². The predicted molar refractivity (Wildman–Crippen MR) is 116 cm³/mol. The third kappa shape index (κ3) is 4.03. The molecule has 30 heavy (non-hydrogen) atoms. The zero-order valence-corrected chi connectivity index (χ0v) is 16.5. The molecule has 3 aromatic carbocycles. The number of amides is 2. The molecule has 0 aliphatic rings. The maximum atomic E-state index is 13.1. The number of hydrogen-bond donors (Lipinski definition) is 2. The molecule has 0 spiro atoms. The fourth-order valence-corrected chi connectivity index (χ4v) is 3.32. The normalized spacial score (nSPS) is 10.6. The van der Waals surface area contributed by atoms with Crippen LogP contribution in [0.2, 0.25) is 0 Å². The minimum absolute atomic E-state index is 0.121. The Balaban J connectivity index is 1.54. The van der Waals surface area contributed by atoms with E-state index in [2.05, 4.69) is 10.4 Å². The van der Waals surface area contributed by atoms with Gasteiger partial charge in [-0.15, -0.1) is 0 Å². The molecule has 1 aromatic heterocycles. The Morgan fingerprint density at radius 2 is 1.53 bits per heavy atom. The highest BCUT2D eigenvalue weighted by Gasteiger charge is 2.23. The van der Waals surface area contributed by atoms with Crippen LogP contribution >= 0.6 is 0 Å². The van der Waals surface area contributed by atoms with Gasteiger partial charge in [0.2, 0.25) is 0 Å². The van der Waals surface area contributed by atoms with E-state index < -0.39 is 6.09 Å². The molecule has 4 aromatic rings. The number of nitrogens with zero attached hydrogens (tertiary/aromatic N) is 1. The number of para-hydroxylation sites is 1. The molecule has 0 saturated heterocycles. The first kappa shape index (κ1) is 19.3. The number of fused-ring (bicyclic) bond motifs is 1. The van der Waals surface area contributed by atoms with Crippen LogP contribution in [0.25, 0.3) is 22.0 Å². The van der Waals surface area contributed by atoms with E-state index in [9.17, 15) is 9.59 Å². The van der Waals surface area contributed by atoms with E-state index in [0.717, 1.165) is 32.6 Å². The average molecular weight is 399 g/mol. The van der Waals surface area contributed by atoms with Gasteiger partial charge in [-0.1, -0.05) is 78.9 Å². The van der Waals surface area contributed by atoms with Gasteiger partial charge in [0.15, 0.2) is 0 Å². The molecule has 0 radical (unpaired) electrons. The number of hydrogen-bond acceptors (Lipinski definition) is 3. The van der Waals surface area contributed by atoms with Crippen molar-refractivity contribution >= 4 is 22.9 Å². The Labute approximate surface area is 174 Å². The van der Waals surface area contributed by atoms with Crippen LogP contribution in [0.1, 0.15) is 16.1 Å². The molecular formula is C24H21N3O3. The Hall–Kier alpha value is -4.06. The second-order valence-electron chi connectivity index (χ2n) is 6.82. The van der Waals surface area contributed by atoms with Gasteiger partial charge in [-0.2, -0.15) is 0 Å². The van der Waals surface area contributed by atoms with Crippen molar-refractivity contribution < 1.29 is 14.3 Å². The highest BCUT2D eigenvalue weighted by atomic mass is 16.6. The van der Waals surface area contributed by atoms with Crippen molar-refractivity contribution in [3.05, 3.63) is 96.2 Å². The van der Waals surface area contributed by atoms with Gasteiger partial charge in [0.05, 0.1) is 0 Å². The number of benzene rings is 3. The number of ether oxygens (including phenoxy) is 1. The van der Waals surface area contributed by atoms with E-state index in [1.54, 1.807) is 0 Å². The minimum Gasteiger partial charge on any atom is -0.443 e. The van der Waals surface area contributed by atoms with Crippen molar-refractivity contribution in [1.29, 1.82) is 0 Å². The molecule has 0 unspecified atom stereocenters. The van der Waals surface area contributed by atoms with Crippen LogP contribution in [0.15, 0.2) is 84.9 Å². The van der Waals surface area contributed by atoms with E-state index in [0.29, 0.717) is 5.69 Å². The summed E-state index contributed by atoms with van der Waals surface area (Å²) in [6, 6.07) is 26.7. The summed E-state index contributed by atoms with van der Waals surface area (Å²) in [5.74, 6) is -0.373. The topological polar surface area (TPSA) is 74.4 Å². The van der Waals surface area contributed by atoms with E-state index in [1.165, 1.54) is 7.05 Å². The van der Waals surface area contributed by atoms with Crippen molar-refractivity contribution in [2.75, 3.05) is 7.05 Å². The van der Waals surface area contributed by atoms with Gasteiger partial charge >= 0.3 is 6.09 Å². The highest BCUT2D eigenvalue weighted by Crippen LogP contribution is 2.32. The smallest absolute Gasteiger partial charge is 0.426 e. The Kier molecular flexibility index (Phi) is 5.48. The SMILES string of the molecule is CN(NC(=O)OCc1ccccc1)C(=O)c1[nH]c2ccccc2c1-c1ccccc1. The van der Waals surface area contributed by atoms with Crippen molar-refractivity contribution in [2.45, 2.75) is 6.61 Å².